The van der Waals surface area contributed by atoms with Gasteiger partial charge in [0.05, 0.1) is 11.9 Å². The lowest BCUT2D eigenvalue weighted by Crippen LogP contribution is -1.94. The molecule has 0 aliphatic heterocycles. The van der Waals surface area contributed by atoms with E-state index in [-0.39, 0.29) is 0 Å². The second kappa shape index (κ2) is 12.1. The van der Waals surface area contributed by atoms with Crippen molar-refractivity contribution < 1.29 is 0 Å². The molecule has 19 heavy (non-hydrogen) atoms. The molecule has 108 valence electrons. The molecule has 1 aromatic heterocycles. The van der Waals surface area contributed by atoms with E-state index in [9.17, 15) is 0 Å². The summed E-state index contributed by atoms with van der Waals surface area (Å²) < 4.78 is 0. The smallest absolute Gasteiger partial charge is 0.0664 e. The van der Waals surface area contributed by atoms with Crippen molar-refractivity contribution in [2.24, 2.45) is 0 Å². The molecule has 0 aliphatic rings. The normalized spacial score (nSPS) is 10.8. The maximum absolute atomic E-state index is 4.00. The van der Waals surface area contributed by atoms with E-state index in [0.717, 1.165) is 12.1 Å². The molecule has 0 aromatic carbocycles. The predicted octanol–water partition coefficient (Wildman–Crippen LogP) is 4.73. The summed E-state index contributed by atoms with van der Waals surface area (Å²) in [5, 5.41) is 11.3. The van der Waals surface area contributed by atoms with Gasteiger partial charge in [-0.1, -0.05) is 71.1 Å². The van der Waals surface area contributed by atoms with Gasteiger partial charge in [0.1, 0.15) is 0 Å². The third kappa shape index (κ3) is 9.57. The van der Waals surface area contributed by atoms with Gasteiger partial charge in [-0.15, -0.1) is 10.2 Å². The summed E-state index contributed by atoms with van der Waals surface area (Å²) in [6.07, 6.45) is 18.0. The summed E-state index contributed by atoms with van der Waals surface area (Å²) in [5.74, 6) is 0. The van der Waals surface area contributed by atoms with Crippen LogP contribution in [0.1, 0.15) is 83.2 Å². The molecule has 1 aromatic rings. The van der Waals surface area contributed by atoms with Crippen LogP contribution in [0.4, 0.5) is 0 Å². The van der Waals surface area contributed by atoms with Crippen LogP contribution in [0.25, 0.3) is 0 Å². The Labute approximate surface area is 118 Å². The zero-order chi connectivity index (χ0) is 13.6. The van der Waals surface area contributed by atoms with E-state index >= 15 is 0 Å². The molecule has 3 heteroatoms. The molecule has 0 atom stereocenters. The maximum atomic E-state index is 4.00. The van der Waals surface area contributed by atoms with Gasteiger partial charge in [0.2, 0.25) is 0 Å². The second-order valence-electron chi connectivity index (χ2n) is 5.40. The summed E-state index contributed by atoms with van der Waals surface area (Å²) in [6.45, 7) is 2.28. The van der Waals surface area contributed by atoms with Crippen LogP contribution in [0, 0.1) is 0 Å². The Bertz CT molecular complexity index is 287. The second-order valence-corrected chi connectivity index (χ2v) is 5.40. The fourth-order valence-corrected chi connectivity index (χ4v) is 2.37. The van der Waals surface area contributed by atoms with Crippen LogP contribution in [0.3, 0.4) is 0 Å². The van der Waals surface area contributed by atoms with Crippen LogP contribution < -0.4 is 0 Å². The third-order valence-electron chi connectivity index (χ3n) is 3.59. The van der Waals surface area contributed by atoms with Crippen LogP contribution in [0.2, 0.25) is 0 Å². The number of aryl methyl sites for hydroxylation is 1. The van der Waals surface area contributed by atoms with Crippen molar-refractivity contribution in [2.75, 3.05) is 0 Å². The average molecular weight is 263 g/mol. The van der Waals surface area contributed by atoms with Crippen molar-refractivity contribution in [2.45, 2.75) is 84.0 Å². The van der Waals surface area contributed by atoms with Gasteiger partial charge in [-0.25, -0.2) is 0 Å². The monoisotopic (exact) mass is 263 g/mol. The highest BCUT2D eigenvalue weighted by molar-refractivity contribution is 4.94. The molecule has 0 unspecified atom stereocenters. The van der Waals surface area contributed by atoms with E-state index in [1.165, 1.54) is 70.6 Å². The Hall–Kier alpha value is -0.990. The molecule has 1 rings (SSSR count). The average Bonchev–Trinajstić information content (AvgIpc) is 2.46. The molecule has 3 nitrogen and oxygen atoms in total. The molecule has 0 spiro atoms. The van der Waals surface area contributed by atoms with E-state index < -0.39 is 0 Å². The number of unbranched alkanes of at least 4 members (excludes halogenated alkanes) is 10. The summed E-state index contributed by atoms with van der Waals surface area (Å²) in [4.78, 5) is 0. The predicted molar refractivity (Wildman–Crippen MR) is 80.0 cm³/mol. The first-order chi connectivity index (χ1) is 9.43. The summed E-state index contributed by atoms with van der Waals surface area (Å²) in [5.41, 5.74) is 1.07. The van der Waals surface area contributed by atoms with Crippen molar-refractivity contribution in [1.82, 2.24) is 15.4 Å². The Morgan fingerprint density at radius 1 is 0.789 bits per heavy atom. The molecule has 0 aliphatic carbocycles. The van der Waals surface area contributed by atoms with Crippen molar-refractivity contribution in [3.63, 3.8) is 0 Å². The molecule has 1 heterocycles. The minimum absolute atomic E-state index is 1.05. The minimum Gasteiger partial charge on any atom is -0.139 e. The van der Waals surface area contributed by atoms with Gasteiger partial charge in [0, 0.05) is 0 Å². The van der Waals surface area contributed by atoms with Crippen LogP contribution in [0.5, 0.6) is 0 Å². The van der Waals surface area contributed by atoms with E-state index in [1.54, 1.807) is 6.20 Å². The first-order valence-corrected chi connectivity index (χ1v) is 8.06. The molecule has 0 amide bonds. The van der Waals surface area contributed by atoms with Crippen molar-refractivity contribution in [3.8, 4) is 0 Å². The fraction of sp³-hybridized carbons (Fsp3) is 0.812. The Balaban J connectivity index is 1.79. The van der Waals surface area contributed by atoms with Gasteiger partial charge in [0.25, 0.3) is 0 Å². The highest BCUT2D eigenvalue weighted by Gasteiger charge is 1.96. The lowest BCUT2D eigenvalue weighted by atomic mass is 10.0. The first kappa shape index (κ1) is 16.1. The van der Waals surface area contributed by atoms with E-state index in [0.29, 0.717) is 0 Å². The highest BCUT2D eigenvalue weighted by atomic mass is 15.3. The molecule has 0 radical (unpaired) electrons. The van der Waals surface area contributed by atoms with E-state index in [4.69, 9.17) is 0 Å². The summed E-state index contributed by atoms with van der Waals surface area (Å²) >= 11 is 0. The van der Waals surface area contributed by atoms with Crippen molar-refractivity contribution in [3.05, 3.63) is 18.0 Å². The van der Waals surface area contributed by atoms with Gasteiger partial charge < -0.3 is 0 Å². The molecule has 0 saturated carbocycles. The SMILES string of the molecule is CCCCCCCCCCCCCc1ccnnn1. The summed E-state index contributed by atoms with van der Waals surface area (Å²) in [7, 11) is 0. The quantitative estimate of drug-likeness (QED) is 0.512. The topological polar surface area (TPSA) is 38.7 Å². The van der Waals surface area contributed by atoms with Gasteiger partial charge in [-0.05, 0) is 24.1 Å². The van der Waals surface area contributed by atoms with Crippen LogP contribution in [-0.2, 0) is 6.42 Å². The van der Waals surface area contributed by atoms with Gasteiger partial charge in [0.15, 0.2) is 0 Å². The Morgan fingerprint density at radius 2 is 1.37 bits per heavy atom. The third-order valence-corrected chi connectivity index (χ3v) is 3.59. The van der Waals surface area contributed by atoms with Crippen LogP contribution in [-0.4, -0.2) is 15.4 Å². The number of aromatic nitrogens is 3. The minimum atomic E-state index is 1.05. The Kier molecular flexibility index (Phi) is 10.2. The maximum Gasteiger partial charge on any atom is 0.0664 e. The molecule has 0 N–H and O–H groups in total. The molecular weight excluding hydrogens is 234 g/mol. The molecular formula is C16H29N3. The van der Waals surface area contributed by atoms with E-state index in [1.807, 2.05) is 6.07 Å². The van der Waals surface area contributed by atoms with Crippen LogP contribution >= 0.6 is 0 Å². The highest BCUT2D eigenvalue weighted by Crippen LogP contribution is 2.12. The van der Waals surface area contributed by atoms with Gasteiger partial charge in [-0.3, -0.25) is 0 Å². The molecule has 0 saturated heterocycles. The van der Waals surface area contributed by atoms with Crippen molar-refractivity contribution in [1.29, 1.82) is 0 Å². The standard InChI is InChI=1S/C16H29N3/c1-2-3-4-5-6-7-8-9-10-11-12-13-16-14-15-17-19-18-16/h14-15H,2-13H2,1H3. The number of hydrogen-bond acceptors (Lipinski definition) is 3. The lowest BCUT2D eigenvalue weighted by molar-refractivity contribution is 0.548. The largest absolute Gasteiger partial charge is 0.139 e. The number of hydrogen-bond donors (Lipinski definition) is 0. The first-order valence-electron chi connectivity index (χ1n) is 8.06. The fourth-order valence-electron chi connectivity index (χ4n) is 2.37. The zero-order valence-electron chi connectivity index (χ0n) is 12.5. The summed E-state index contributed by atoms with van der Waals surface area (Å²) in [6, 6.07) is 1.96. The number of nitrogens with zero attached hydrogens (tertiary/aromatic N) is 3. The van der Waals surface area contributed by atoms with Crippen LogP contribution in [0.15, 0.2) is 12.3 Å². The number of rotatable bonds is 12. The van der Waals surface area contributed by atoms with E-state index in [2.05, 4.69) is 22.3 Å². The zero-order valence-corrected chi connectivity index (χ0v) is 12.5. The van der Waals surface area contributed by atoms with Crippen molar-refractivity contribution >= 4 is 0 Å². The molecule has 0 fully saturated rings. The molecule has 0 bridgehead atoms. The van der Waals surface area contributed by atoms with Gasteiger partial charge >= 0.3 is 0 Å². The van der Waals surface area contributed by atoms with Gasteiger partial charge in [-0.2, -0.15) is 0 Å². The Morgan fingerprint density at radius 3 is 1.89 bits per heavy atom. The lowest BCUT2D eigenvalue weighted by Gasteiger charge is -2.02.